The van der Waals surface area contributed by atoms with E-state index in [-0.39, 0.29) is 0 Å². The van der Waals surface area contributed by atoms with Crippen LogP contribution < -0.4 is 4.90 Å². The Labute approximate surface area is 118 Å². The Morgan fingerprint density at radius 1 is 1.20 bits per heavy atom. The van der Waals surface area contributed by atoms with Crippen molar-refractivity contribution in [2.24, 2.45) is 0 Å². The first-order valence-corrected chi connectivity index (χ1v) is 7.39. The fourth-order valence-corrected chi connectivity index (χ4v) is 2.85. The number of aryl methyl sites for hydroxylation is 1. The van der Waals surface area contributed by atoms with Gasteiger partial charge in [0, 0.05) is 31.4 Å². The zero-order chi connectivity index (χ0) is 13.5. The molecule has 1 aliphatic heterocycles. The Morgan fingerprint density at radius 3 is 2.85 bits per heavy atom. The van der Waals surface area contributed by atoms with Gasteiger partial charge < -0.3 is 4.90 Å². The Kier molecular flexibility index (Phi) is 2.72. The maximum absolute atomic E-state index is 4.51. The lowest BCUT2D eigenvalue weighted by Crippen LogP contribution is -2.22. The van der Waals surface area contributed by atoms with E-state index in [0.29, 0.717) is 12.0 Å². The topological polar surface area (TPSA) is 46.8 Å². The zero-order valence-corrected chi connectivity index (χ0v) is 11.7. The number of rotatable bonds is 3. The Hall–Kier alpha value is -1.91. The summed E-state index contributed by atoms with van der Waals surface area (Å²) in [6, 6.07) is 4.66. The number of hydrogen-bond acceptors (Lipinski definition) is 4. The molecule has 0 spiro atoms. The molecule has 2 aliphatic rings. The van der Waals surface area contributed by atoms with Gasteiger partial charge in [-0.1, -0.05) is 11.3 Å². The smallest absolute Gasteiger partial charge is 0.128 e. The minimum Gasteiger partial charge on any atom is -0.354 e. The summed E-state index contributed by atoms with van der Waals surface area (Å²) in [5, 5.41) is 8.63. The summed E-state index contributed by atoms with van der Waals surface area (Å²) in [6.45, 7) is 4.08. The van der Waals surface area contributed by atoms with E-state index in [1.807, 2.05) is 6.20 Å². The van der Waals surface area contributed by atoms with Gasteiger partial charge in [-0.25, -0.2) is 9.67 Å². The largest absolute Gasteiger partial charge is 0.354 e. The van der Waals surface area contributed by atoms with Gasteiger partial charge in [0.05, 0.1) is 11.7 Å². The summed E-state index contributed by atoms with van der Waals surface area (Å²) in [4.78, 5) is 6.85. The summed E-state index contributed by atoms with van der Waals surface area (Å²) in [7, 11) is 0. The number of pyridine rings is 1. The molecule has 2 aromatic rings. The predicted molar refractivity (Wildman–Crippen MR) is 76.8 cm³/mol. The minimum absolute atomic E-state index is 0.429. The average Bonchev–Trinajstić information content (AvgIpc) is 3.01. The molecule has 1 unspecified atom stereocenters. The van der Waals surface area contributed by atoms with Crippen molar-refractivity contribution in [1.29, 1.82) is 0 Å². The molecule has 3 heterocycles. The Morgan fingerprint density at radius 2 is 2.10 bits per heavy atom. The van der Waals surface area contributed by atoms with Crippen LogP contribution in [-0.4, -0.2) is 33.1 Å². The lowest BCUT2D eigenvalue weighted by molar-refractivity contribution is 0.479. The van der Waals surface area contributed by atoms with Crippen molar-refractivity contribution in [2.45, 2.75) is 38.1 Å². The Bertz CT molecular complexity index is 599. The molecule has 0 amide bonds. The van der Waals surface area contributed by atoms with Crippen molar-refractivity contribution < 1.29 is 0 Å². The molecule has 4 rings (SSSR count). The highest BCUT2D eigenvalue weighted by Gasteiger charge is 2.29. The third-order valence-electron chi connectivity index (χ3n) is 4.28. The van der Waals surface area contributed by atoms with Crippen molar-refractivity contribution in [3.63, 3.8) is 0 Å². The molecule has 1 saturated heterocycles. The van der Waals surface area contributed by atoms with Crippen LogP contribution in [-0.2, 0) is 0 Å². The third-order valence-corrected chi connectivity index (χ3v) is 4.28. The lowest BCUT2D eigenvalue weighted by Gasteiger charge is -2.17. The zero-order valence-electron chi connectivity index (χ0n) is 11.7. The molecule has 5 nitrogen and oxygen atoms in total. The highest BCUT2D eigenvalue weighted by atomic mass is 15.4. The van der Waals surface area contributed by atoms with Gasteiger partial charge in [-0.15, -0.1) is 5.10 Å². The molecule has 0 N–H and O–H groups in total. The number of aromatic nitrogens is 4. The van der Waals surface area contributed by atoms with Crippen molar-refractivity contribution in [1.82, 2.24) is 20.0 Å². The number of hydrogen-bond donors (Lipinski definition) is 0. The molecule has 104 valence electrons. The summed E-state index contributed by atoms with van der Waals surface area (Å²) < 4.78 is 2.06. The van der Waals surface area contributed by atoms with Gasteiger partial charge in [0.2, 0.25) is 0 Å². The van der Waals surface area contributed by atoms with Crippen molar-refractivity contribution in [2.75, 3.05) is 18.0 Å². The molecule has 1 aliphatic carbocycles. The summed E-state index contributed by atoms with van der Waals surface area (Å²) in [5.74, 6) is 1.75. The van der Waals surface area contributed by atoms with Crippen LogP contribution >= 0.6 is 0 Å². The second-order valence-electron chi connectivity index (χ2n) is 5.98. The monoisotopic (exact) mass is 269 g/mol. The second-order valence-corrected chi connectivity index (χ2v) is 5.98. The quantitative estimate of drug-likeness (QED) is 0.858. The van der Waals surface area contributed by atoms with Crippen LogP contribution in [0.4, 0.5) is 5.82 Å². The molecule has 2 aromatic heterocycles. The van der Waals surface area contributed by atoms with Gasteiger partial charge >= 0.3 is 0 Å². The molecule has 2 fully saturated rings. The van der Waals surface area contributed by atoms with E-state index >= 15 is 0 Å². The standard InChI is InChI=1S/C15H19N5/c1-11-2-5-15(16-8-11)19-7-6-13(9-19)20-10-14(17-18-20)12-3-4-12/h2,5,8,10,12-13H,3-4,6-7,9H2,1H3. The molecule has 0 aromatic carbocycles. The van der Waals surface area contributed by atoms with E-state index in [1.165, 1.54) is 24.1 Å². The number of nitrogens with zero attached hydrogens (tertiary/aromatic N) is 5. The first kappa shape index (κ1) is 11.9. The second kappa shape index (κ2) is 4.58. The van der Waals surface area contributed by atoms with Crippen LogP contribution in [0.5, 0.6) is 0 Å². The van der Waals surface area contributed by atoms with E-state index < -0.39 is 0 Å². The molecular formula is C15H19N5. The molecular weight excluding hydrogens is 250 g/mol. The first-order valence-electron chi connectivity index (χ1n) is 7.39. The molecule has 1 atom stereocenters. The maximum Gasteiger partial charge on any atom is 0.128 e. The fourth-order valence-electron chi connectivity index (χ4n) is 2.85. The van der Waals surface area contributed by atoms with E-state index in [1.54, 1.807) is 0 Å². The SMILES string of the molecule is Cc1ccc(N2CCC(n3cc(C4CC4)nn3)C2)nc1. The van der Waals surface area contributed by atoms with E-state index in [4.69, 9.17) is 0 Å². The van der Waals surface area contributed by atoms with Crippen molar-refractivity contribution in [3.05, 3.63) is 35.8 Å². The summed E-state index contributed by atoms with van der Waals surface area (Å²) >= 11 is 0. The van der Waals surface area contributed by atoms with Crippen LogP contribution in [0.2, 0.25) is 0 Å². The van der Waals surface area contributed by atoms with E-state index in [0.717, 1.165) is 25.3 Å². The van der Waals surface area contributed by atoms with Gasteiger partial charge in [-0.05, 0) is 37.8 Å². The fraction of sp³-hybridized carbons (Fsp3) is 0.533. The average molecular weight is 269 g/mol. The highest BCUT2D eigenvalue weighted by molar-refractivity contribution is 5.40. The highest BCUT2D eigenvalue weighted by Crippen LogP contribution is 2.39. The molecule has 5 heteroatoms. The van der Waals surface area contributed by atoms with Crippen molar-refractivity contribution in [3.8, 4) is 0 Å². The first-order chi connectivity index (χ1) is 9.79. The normalized spacial score (nSPS) is 22.4. The van der Waals surface area contributed by atoms with Gasteiger partial charge in [0.1, 0.15) is 5.82 Å². The number of anilines is 1. The lowest BCUT2D eigenvalue weighted by atomic mass is 10.2. The maximum atomic E-state index is 4.51. The van der Waals surface area contributed by atoms with Gasteiger partial charge in [0.15, 0.2) is 0 Å². The molecule has 20 heavy (non-hydrogen) atoms. The molecule has 0 bridgehead atoms. The van der Waals surface area contributed by atoms with Crippen LogP contribution in [0.25, 0.3) is 0 Å². The van der Waals surface area contributed by atoms with Gasteiger partial charge in [-0.3, -0.25) is 0 Å². The van der Waals surface area contributed by atoms with E-state index in [2.05, 4.69) is 50.1 Å². The predicted octanol–water partition coefficient (Wildman–Crippen LogP) is 2.31. The summed E-state index contributed by atoms with van der Waals surface area (Å²) in [6.07, 6.45) is 7.76. The van der Waals surface area contributed by atoms with Crippen LogP contribution in [0.3, 0.4) is 0 Å². The van der Waals surface area contributed by atoms with E-state index in [9.17, 15) is 0 Å². The van der Waals surface area contributed by atoms with Crippen LogP contribution in [0.1, 0.15) is 42.5 Å². The van der Waals surface area contributed by atoms with Gasteiger partial charge in [0.25, 0.3) is 0 Å². The Balaban J connectivity index is 1.47. The minimum atomic E-state index is 0.429. The molecule has 1 saturated carbocycles. The third kappa shape index (κ3) is 2.17. The van der Waals surface area contributed by atoms with Crippen LogP contribution in [0, 0.1) is 6.92 Å². The van der Waals surface area contributed by atoms with Crippen LogP contribution in [0.15, 0.2) is 24.5 Å². The molecule has 0 radical (unpaired) electrons. The van der Waals surface area contributed by atoms with Crippen molar-refractivity contribution >= 4 is 5.82 Å². The van der Waals surface area contributed by atoms with Gasteiger partial charge in [-0.2, -0.15) is 0 Å². The summed E-state index contributed by atoms with van der Waals surface area (Å²) in [5.41, 5.74) is 2.38.